The Morgan fingerprint density at radius 2 is 1.38 bits per heavy atom. The minimum Gasteiger partial charge on any atom is -0.324 e. The largest absolute Gasteiger partial charge is 0.433 e. The van der Waals surface area contributed by atoms with Gasteiger partial charge in [0, 0.05) is 11.1 Å². The van der Waals surface area contributed by atoms with Gasteiger partial charge in [0.1, 0.15) is 0 Å². The van der Waals surface area contributed by atoms with Gasteiger partial charge in [-0.05, 0) is 36.4 Å². The van der Waals surface area contributed by atoms with Crippen molar-refractivity contribution in [2.45, 2.75) is 18.5 Å². The molecule has 15 heteroatoms. The fraction of sp³-hybridized carbons (Fsp3) is 0.158. The van der Waals surface area contributed by atoms with E-state index in [4.69, 9.17) is 23.2 Å². The van der Waals surface area contributed by atoms with Gasteiger partial charge in [-0.3, -0.25) is 4.79 Å². The first-order valence-corrected chi connectivity index (χ1v) is 9.46. The van der Waals surface area contributed by atoms with Crippen molar-refractivity contribution < 1.29 is 39.5 Å². The zero-order valence-corrected chi connectivity index (χ0v) is 17.5. The summed E-state index contributed by atoms with van der Waals surface area (Å²) in [6.45, 7) is 0. The van der Waals surface area contributed by atoms with E-state index in [0.717, 1.165) is 0 Å². The van der Waals surface area contributed by atoms with Crippen molar-refractivity contribution in [2.24, 2.45) is 0 Å². The first-order chi connectivity index (χ1) is 15.5. The van der Waals surface area contributed by atoms with E-state index < -0.39 is 57.6 Å². The zero-order chi connectivity index (χ0) is 25.6. The summed E-state index contributed by atoms with van der Waals surface area (Å²) in [5.41, 5.74) is -8.01. The highest BCUT2D eigenvalue weighted by Crippen LogP contribution is 2.43. The van der Waals surface area contributed by atoms with Crippen LogP contribution in [0.15, 0.2) is 47.3 Å². The molecule has 3 rings (SSSR count). The van der Waals surface area contributed by atoms with Crippen LogP contribution < -0.4 is 10.9 Å². The Morgan fingerprint density at radius 3 is 1.88 bits per heavy atom. The Morgan fingerprint density at radius 1 is 0.794 bits per heavy atom. The van der Waals surface area contributed by atoms with Crippen LogP contribution in [0.3, 0.4) is 0 Å². The molecule has 0 radical (unpaired) electrons. The minimum absolute atomic E-state index is 0.106. The number of benzene rings is 2. The highest BCUT2D eigenvalue weighted by atomic mass is 35.5. The Labute approximate surface area is 193 Å². The van der Waals surface area contributed by atoms with Crippen molar-refractivity contribution in [3.05, 3.63) is 79.7 Å². The SMILES string of the molecule is O=c1cc(C(F)(F)F)nc(Nc2cc(C(F)(F)F)cc(C(F)(F)F)c2Cl)n1-c1ccc(Cl)cc1. The van der Waals surface area contributed by atoms with E-state index in [0.29, 0.717) is 4.57 Å². The molecule has 0 aliphatic carbocycles. The standard InChI is InChI=1S/C19H8Cl2F9N3O/c20-9-1-3-10(4-2-9)33-14(34)7-13(19(28,29)30)32-16(33)31-12-6-8(17(22,23)24)5-11(15(12)21)18(25,26)27/h1-7H,(H,31,32). The molecule has 3 aromatic rings. The van der Waals surface area contributed by atoms with Crippen LogP contribution in [0.25, 0.3) is 5.69 Å². The van der Waals surface area contributed by atoms with Gasteiger partial charge in [0.25, 0.3) is 5.56 Å². The predicted octanol–water partition coefficient (Wildman–Crippen LogP) is 7.34. The maximum Gasteiger partial charge on any atom is 0.433 e. The number of nitrogens with zero attached hydrogens (tertiary/aromatic N) is 2. The number of alkyl halides is 9. The monoisotopic (exact) mass is 535 g/mol. The molecule has 0 fully saturated rings. The van der Waals surface area contributed by atoms with Crippen LogP contribution in [0.5, 0.6) is 0 Å². The maximum atomic E-state index is 13.3. The van der Waals surface area contributed by atoms with E-state index in [2.05, 4.69) is 4.98 Å². The van der Waals surface area contributed by atoms with E-state index in [1.807, 2.05) is 5.32 Å². The van der Waals surface area contributed by atoms with Crippen LogP contribution in [-0.2, 0) is 18.5 Å². The predicted molar refractivity (Wildman–Crippen MR) is 105 cm³/mol. The number of aromatic nitrogens is 2. The van der Waals surface area contributed by atoms with Crippen LogP contribution in [0, 0.1) is 0 Å². The molecule has 1 heterocycles. The summed E-state index contributed by atoms with van der Waals surface area (Å²) in [7, 11) is 0. The van der Waals surface area contributed by atoms with Crippen molar-refractivity contribution in [1.82, 2.24) is 9.55 Å². The molecule has 0 spiro atoms. The third-order valence-electron chi connectivity index (χ3n) is 4.25. The number of anilines is 2. The zero-order valence-electron chi connectivity index (χ0n) is 16.0. The molecular weight excluding hydrogens is 528 g/mol. The van der Waals surface area contributed by atoms with Gasteiger partial charge in [-0.2, -0.15) is 39.5 Å². The summed E-state index contributed by atoms with van der Waals surface area (Å²) in [6, 6.07) is 4.81. The molecule has 0 atom stereocenters. The minimum atomic E-state index is -5.34. The molecule has 4 nitrogen and oxygen atoms in total. The third kappa shape index (κ3) is 5.41. The molecule has 2 aromatic carbocycles. The molecule has 0 saturated carbocycles. The summed E-state index contributed by atoms with van der Waals surface area (Å²) in [4.78, 5) is 15.7. The van der Waals surface area contributed by atoms with E-state index in [9.17, 15) is 44.3 Å². The van der Waals surface area contributed by atoms with Crippen molar-refractivity contribution in [3.63, 3.8) is 0 Å². The van der Waals surface area contributed by atoms with Crippen LogP contribution in [-0.4, -0.2) is 9.55 Å². The molecule has 34 heavy (non-hydrogen) atoms. The second kappa shape index (κ2) is 8.69. The summed E-state index contributed by atoms with van der Waals surface area (Å²) >= 11 is 11.4. The molecule has 0 aliphatic heterocycles. The topological polar surface area (TPSA) is 46.9 Å². The average Bonchev–Trinajstić information content (AvgIpc) is 2.68. The van der Waals surface area contributed by atoms with Gasteiger partial charge in [-0.1, -0.05) is 23.2 Å². The fourth-order valence-corrected chi connectivity index (χ4v) is 3.15. The van der Waals surface area contributed by atoms with E-state index >= 15 is 0 Å². The number of halogens is 11. The lowest BCUT2D eigenvalue weighted by atomic mass is 10.1. The summed E-state index contributed by atoms with van der Waals surface area (Å²) in [5.74, 6) is -1.04. The molecular formula is C19H8Cl2F9N3O. The van der Waals surface area contributed by atoms with Crippen molar-refractivity contribution >= 4 is 34.8 Å². The number of hydrogen-bond acceptors (Lipinski definition) is 3. The van der Waals surface area contributed by atoms with Gasteiger partial charge >= 0.3 is 18.5 Å². The van der Waals surface area contributed by atoms with Gasteiger partial charge < -0.3 is 5.32 Å². The molecule has 182 valence electrons. The fourth-order valence-electron chi connectivity index (χ4n) is 2.76. The summed E-state index contributed by atoms with van der Waals surface area (Å²) in [6.07, 6.45) is -15.8. The molecule has 0 bridgehead atoms. The second-order valence-corrected chi connectivity index (χ2v) is 7.43. The van der Waals surface area contributed by atoms with Crippen LogP contribution in [0.2, 0.25) is 10.0 Å². The quantitative estimate of drug-likeness (QED) is 0.357. The Kier molecular flexibility index (Phi) is 6.57. The van der Waals surface area contributed by atoms with Crippen molar-refractivity contribution in [3.8, 4) is 5.69 Å². The molecule has 1 aromatic heterocycles. The first-order valence-electron chi connectivity index (χ1n) is 8.70. The van der Waals surface area contributed by atoms with Gasteiger partial charge in [-0.15, -0.1) is 0 Å². The normalized spacial score (nSPS) is 12.7. The lowest BCUT2D eigenvalue weighted by molar-refractivity contribution is -0.143. The third-order valence-corrected chi connectivity index (χ3v) is 4.90. The molecule has 0 aliphatic rings. The highest BCUT2D eigenvalue weighted by Gasteiger charge is 2.40. The molecule has 0 saturated heterocycles. The van der Waals surface area contributed by atoms with E-state index in [-0.39, 0.29) is 28.9 Å². The van der Waals surface area contributed by atoms with E-state index in [1.165, 1.54) is 24.3 Å². The van der Waals surface area contributed by atoms with Crippen molar-refractivity contribution in [1.29, 1.82) is 0 Å². The number of nitrogens with one attached hydrogen (secondary N) is 1. The van der Waals surface area contributed by atoms with E-state index in [1.54, 1.807) is 0 Å². The van der Waals surface area contributed by atoms with Crippen LogP contribution >= 0.6 is 23.2 Å². The van der Waals surface area contributed by atoms with Crippen molar-refractivity contribution in [2.75, 3.05) is 5.32 Å². The molecule has 0 amide bonds. The lowest BCUT2D eigenvalue weighted by Crippen LogP contribution is -2.26. The lowest BCUT2D eigenvalue weighted by Gasteiger charge is -2.20. The molecule has 0 unspecified atom stereocenters. The summed E-state index contributed by atoms with van der Waals surface area (Å²) < 4.78 is 120. The smallest absolute Gasteiger partial charge is 0.324 e. The van der Waals surface area contributed by atoms with Crippen LogP contribution in [0.4, 0.5) is 51.1 Å². The van der Waals surface area contributed by atoms with Gasteiger partial charge in [0.05, 0.1) is 27.5 Å². The number of hydrogen-bond donors (Lipinski definition) is 1. The molecule has 1 N–H and O–H groups in total. The highest BCUT2D eigenvalue weighted by molar-refractivity contribution is 6.34. The second-order valence-electron chi connectivity index (χ2n) is 6.62. The summed E-state index contributed by atoms with van der Waals surface area (Å²) in [5, 5.41) is 0.805. The average molecular weight is 536 g/mol. The van der Waals surface area contributed by atoms with Gasteiger partial charge in [-0.25, -0.2) is 9.55 Å². The maximum absolute atomic E-state index is 13.3. The van der Waals surface area contributed by atoms with Gasteiger partial charge in [0.2, 0.25) is 5.95 Å². The Balaban J connectivity index is 2.31. The first kappa shape index (κ1) is 25.7. The van der Waals surface area contributed by atoms with Crippen LogP contribution in [0.1, 0.15) is 16.8 Å². The van der Waals surface area contributed by atoms with Gasteiger partial charge in [0.15, 0.2) is 5.69 Å². The Bertz CT molecular complexity index is 1280. The number of rotatable bonds is 3. The Hall–Kier alpha value is -2.93.